The number of thiophene rings is 1. The summed E-state index contributed by atoms with van der Waals surface area (Å²) < 4.78 is 27.6. The van der Waals surface area contributed by atoms with Gasteiger partial charge in [-0.15, -0.1) is 11.3 Å². The van der Waals surface area contributed by atoms with Gasteiger partial charge in [-0.25, -0.2) is 13.1 Å². The van der Waals surface area contributed by atoms with Crippen molar-refractivity contribution in [3.8, 4) is 0 Å². The minimum atomic E-state index is -3.50. The van der Waals surface area contributed by atoms with Crippen LogP contribution in [-0.2, 0) is 23.1 Å². The molecule has 0 spiro atoms. The van der Waals surface area contributed by atoms with Gasteiger partial charge in [-0.2, -0.15) is 0 Å². The van der Waals surface area contributed by atoms with E-state index < -0.39 is 10.0 Å². The van der Waals surface area contributed by atoms with Crippen LogP contribution >= 0.6 is 22.9 Å². The smallest absolute Gasteiger partial charge is 0.242 e. The molecule has 0 atom stereocenters. The maximum Gasteiger partial charge on any atom is 0.242 e. The summed E-state index contributed by atoms with van der Waals surface area (Å²) in [6, 6.07) is 5.21. The van der Waals surface area contributed by atoms with Crippen molar-refractivity contribution in [1.82, 2.24) is 15.0 Å². The minimum Gasteiger partial charge on any atom is -0.363 e. The molecule has 3 N–H and O–H groups in total. The predicted octanol–water partition coefficient (Wildman–Crippen LogP) is 2.71. The second kappa shape index (κ2) is 7.42. The van der Waals surface area contributed by atoms with Crippen LogP contribution in [-0.4, -0.2) is 19.9 Å². The third-order valence-electron chi connectivity index (χ3n) is 2.83. The van der Waals surface area contributed by atoms with Crippen molar-refractivity contribution in [2.75, 3.05) is 6.54 Å². The number of H-pyrrole nitrogens is 1. The van der Waals surface area contributed by atoms with Gasteiger partial charge in [0.1, 0.15) is 0 Å². The molecule has 0 aliphatic heterocycles. The average molecular weight is 348 g/mol. The Morgan fingerprint density at radius 2 is 2.14 bits per heavy atom. The highest BCUT2D eigenvalue weighted by Crippen LogP contribution is 2.21. The molecule has 0 unspecified atom stereocenters. The highest BCUT2D eigenvalue weighted by molar-refractivity contribution is 7.89. The van der Waals surface area contributed by atoms with Crippen LogP contribution in [0.2, 0.25) is 4.34 Å². The number of hydrogen-bond donors (Lipinski definition) is 3. The van der Waals surface area contributed by atoms with Crippen LogP contribution in [0.4, 0.5) is 0 Å². The van der Waals surface area contributed by atoms with Crippen LogP contribution in [0.3, 0.4) is 0 Å². The van der Waals surface area contributed by atoms with E-state index in [-0.39, 0.29) is 11.4 Å². The molecule has 2 aromatic rings. The summed E-state index contributed by atoms with van der Waals surface area (Å²) in [5.74, 6) is 0. The van der Waals surface area contributed by atoms with Crippen LogP contribution in [0.5, 0.6) is 0 Å². The monoisotopic (exact) mass is 347 g/mol. The van der Waals surface area contributed by atoms with Crippen molar-refractivity contribution >= 4 is 33.0 Å². The molecule has 8 heteroatoms. The molecule has 0 radical (unpaired) electrons. The average Bonchev–Trinajstić information content (AvgIpc) is 3.06. The molecule has 0 aliphatic rings. The first kappa shape index (κ1) is 16.5. The molecule has 21 heavy (non-hydrogen) atoms. The molecule has 0 saturated heterocycles. The van der Waals surface area contributed by atoms with E-state index in [0.717, 1.165) is 23.5 Å². The fourth-order valence-electron chi connectivity index (χ4n) is 1.77. The van der Waals surface area contributed by atoms with Gasteiger partial charge >= 0.3 is 0 Å². The van der Waals surface area contributed by atoms with Gasteiger partial charge in [-0.1, -0.05) is 18.5 Å². The molecule has 2 aromatic heterocycles. The lowest BCUT2D eigenvalue weighted by Crippen LogP contribution is -2.22. The van der Waals surface area contributed by atoms with Gasteiger partial charge in [0.25, 0.3) is 0 Å². The molecule has 2 rings (SSSR count). The fourth-order valence-corrected chi connectivity index (χ4v) is 3.91. The van der Waals surface area contributed by atoms with Gasteiger partial charge in [0, 0.05) is 29.9 Å². The molecule has 0 aliphatic carbocycles. The van der Waals surface area contributed by atoms with Crippen molar-refractivity contribution in [3.05, 3.63) is 39.3 Å². The summed E-state index contributed by atoms with van der Waals surface area (Å²) in [4.78, 5) is 4.10. The Hall–Kier alpha value is -0.860. The van der Waals surface area contributed by atoms with Crippen molar-refractivity contribution in [3.63, 3.8) is 0 Å². The minimum absolute atomic E-state index is 0.244. The third kappa shape index (κ3) is 4.82. The summed E-state index contributed by atoms with van der Waals surface area (Å²) in [6.45, 7) is 3.86. The number of nitrogens with one attached hydrogen (secondary N) is 3. The summed E-state index contributed by atoms with van der Waals surface area (Å²) in [5.41, 5.74) is 0.850. The number of halogens is 1. The first-order valence-electron chi connectivity index (χ1n) is 6.63. The Morgan fingerprint density at radius 3 is 2.81 bits per heavy atom. The Morgan fingerprint density at radius 1 is 1.33 bits per heavy atom. The van der Waals surface area contributed by atoms with Gasteiger partial charge in [-0.3, -0.25) is 0 Å². The maximum atomic E-state index is 12.2. The Bertz CT molecular complexity index is 679. The molecular weight excluding hydrogens is 330 g/mol. The zero-order valence-corrected chi connectivity index (χ0v) is 14.0. The van der Waals surface area contributed by atoms with Gasteiger partial charge < -0.3 is 10.3 Å². The van der Waals surface area contributed by atoms with Crippen LogP contribution in [0.1, 0.15) is 23.9 Å². The molecule has 116 valence electrons. The van der Waals surface area contributed by atoms with Gasteiger partial charge in [-0.05, 0) is 31.2 Å². The number of hydrogen-bond acceptors (Lipinski definition) is 4. The maximum absolute atomic E-state index is 12.2. The standard InChI is InChI=1S/C13H18ClN3O2S2/c1-2-5-15-7-10-6-12(9-16-10)21(18,19)17-8-11-3-4-13(14)20-11/h3-4,6,9,15-17H,2,5,7-8H2,1H3. The molecule has 0 saturated carbocycles. The van der Waals surface area contributed by atoms with Crippen LogP contribution in [0.25, 0.3) is 0 Å². The Kier molecular flexibility index (Phi) is 5.83. The van der Waals surface area contributed by atoms with E-state index in [9.17, 15) is 8.42 Å². The van der Waals surface area contributed by atoms with Crippen molar-refractivity contribution < 1.29 is 8.42 Å². The lowest BCUT2D eigenvalue weighted by Gasteiger charge is -2.03. The van der Waals surface area contributed by atoms with E-state index in [1.807, 2.05) is 6.07 Å². The molecule has 0 amide bonds. The summed E-state index contributed by atoms with van der Waals surface area (Å²) in [5, 5.41) is 3.22. The molecule has 0 aromatic carbocycles. The van der Waals surface area contributed by atoms with Gasteiger partial charge in [0.15, 0.2) is 0 Å². The van der Waals surface area contributed by atoms with Crippen LogP contribution in [0.15, 0.2) is 29.3 Å². The normalized spacial score (nSPS) is 11.9. The number of sulfonamides is 1. The lowest BCUT2D eigenvalue weighted by atomic mass is 10.4. The predicted molar refractivity (Wildman–Crippen MR) is 86.1 cm³/mol. The van der Waals surface area contributed by atoms with E-state index in [0.29, 0.717) is 10.9 Å². The quantitative estimate of drug-likeness (QED) is 0.643. The molecular formula is C13H18ClN3O2S2. The molecule has 0 fully saturated rings. The Labute approximate surface area is 133 Å². The number of rotatable bonds is 8. The van der Waals surface area contributed by atoms with Gasteiger partial charge in [0.2, 0.25) is 10.0 Å². The zero-order chi connectivity index (χ0) is 15.3. The van der Waals surface area contributed by atoms with E-state index in [1.165, 1.54) is 17.5 Å². The third-order valence-corrected chi connectivity index (χ3v) is 5.45. The van der Waals surface area contributed by atoms with E-state index >= 15 is 0 Å². The number of aromatic nitrogens is 1. The SMILES string of the molecule is CCCNCc1cc(S(=O)(=O)NCc2ccc(Cl)s2)c[nH]1. The van der Waals surface area contributed by atoms with Crippen LogP contribution in [0, 0.1) is 0 Å². The second-order valence-electron chi connectivity index (χ2n) is 4.57. The summed E-state index contributed by atoms with van der Waals surface area (Å²) in [6.07, 6.45) is 2.55. The fraction of sp³-hybridized carbons (Fsp3) is 0.385. The highest BCUT2D eigenvalue weighted by Gasteiger charge is 2.16. The van der Waals surface area contributed by atoms with Crippen molar-refractivity contribution in [1.29, 1.82) is 0 Å². The second-order valence-corrected chi connectivity index (χ2v) is 8.13. The lowest BCUT2D eigenvalue weighted by molar-refractivity contribution is 0.582. The largest absolute Gasteiger partial charge is 0.363 e. The Balaban J connectivity index is 1.95. The zero-order valence-electron chi connectivity index (χ0n) is 11.6. The van der Waals surface area contributed by atoms with Gasteiger partial charge in [0.05, 0.1) is 9.23 Å². The van der Waals surface area contributed by atoms with Crippen LogP contribution < -0.4 is 10.0 Å². The van der Waals surface area contributed by atoms with E-state index in [4.69, 9.17) is 11.6 Å². The van der Waals surface area contributed by atoms with Crippen molar-refractivity contribution in [2.24, 2.45) is 0 Å². The summed E-state index contributed by atoms with van der Waals surface area (Å²) in [7, 11) is -3.50. The van der Waals surface area contributed by atoms with Crippen molar-refractivity contribution in [2.45, 2.75) is 31.3 Å². The first-order valence-corrected chi connectivity index (χ1v) is 9.31. The molecule has 2 heterocycles. The van der Waals surface area contributed by atoms with E-state index in [2.05, 4.69) is 21.9 Å². The number of aromatic amines is 1. The van der Waals surface area contributed by atoms with E-state index in [1.54, 1.807) is 12.1 Å². The highest BCUT2D eigenvalue weighted by atomic mass is 35.5. The topological polar surface area (TPSA) is 74.0 Å². The summed E-state index contributed by atoms with van der Waals surface area (Å²) >= 11 is 7.18. The first-order chi connectivity index (χ1) is 10.0. The molecule has 0 bridgehead atoms. The molecule has 5 nitrogen and oxygen atoms in total.